The molecular weight excluding hydrogens is 288 g/mol. The van der Waals surface area contributed by atoms with Crippen molar-refractivity contribution in [3.63, 3.8) is 0 Å². The third-order valence-electron chi connectivity index (χ3n) is 4.42. The van der Waals surface area contributed by atoms with Crippen molar-refractivity contribution in [3.8, 4) is 6.07 Å². The quantitative estimate of drug-likeness (QED) is 0.775. The number of rotatable bonds is 7. The molecule has 0 amide bonds. The Hall–Kier alpha value is -2.09. The van der Waals surface area contributed by atoms with Crippen LogP contribution < -0.4 is 5.32 Å². The first kappa shape index (κ1) is 17.3. The van der Waals surface area contributed by atoms with E-state index in [1.807, 2.05) is 4.68 Å². The largest absolute Gasteiger partial charge is 0.343 e. The van der Waals surface area contributed by atoms with E-state index in [1.165, 1.54) is 0 Å². The molecular formula is C18H26N4O. The number of nitriles is 1. The first-order valence-corrected chi connectivity index (χ1v) is 8.54. The van der Waals surface area contributed by atoms with Gasteiger partial charge in [0.25, 0.3) is 0 Å². The molecule has 1 aliphatic rings. The first-order chi connectivity index (χ1) is 11.1. The monoisotopic (exact) mass is 314 g/mol. The highest BCUT2D eigenvalue weighted by atomic mass is 16.1. The SMILES string of the molecule is CCCCCn1ncc(C#N)c1NC1=CC(=O)C(C(C)C)CC1. The highest BCUT2D eigenvalue weighted by Gasteiger charge is 2.25. The second-order valence-corrected chi connectivity index (χ2v) is 6.54. The molecule has 2 rings (SSSR count). The standard InChI is InChI=1S/C18H26N4O/c1-4-5-6-9-22-18(14(11-19)12-20-22)21-15-7-8-16(13(2)3)17(23)10-15/h10,12-13,16,21H,4-9H2,1-3H3. The molecule has 0 aliphatic heterocycles. The molecule has 1 atom stereocenters. The molecule has 23 heavy (non-hydrogen) atoms. The summed E-state index contributed by atoms with van der Waals surface area (Å²) in [6, 6.07) is 2.18. The molecule has 1 N–H and O–H groups in total. The van der Waals surface area contributed by atoms with Gasteiger partial charge in [0.15, 0.2) is 5.78 Å². The number of unbranched alkanes of at least 4 members (excludes halogenated alkanes) is 2. The molecule has 0 fully saturated rings. The van der Waals surface area contributed by atoms with Crippen LogP contribution in [0.5, 0.6) is 0 Å². The van der Waals surface area contributed by atoms with Gasteiger partial charge < -0.3 is 5.32 Å². The fraction of sp³-hybridized carbons (Fsp3) is 0.611. The minimum absolute atomic E-state index is 0.116. The van der Waals surface area contributed by atoms with Crippen LogP contribution in [0.25, 0.3) is 0 Å². The number of carbonyl (C=O) groups excluding carboxylic acids is 1. The van der Waals surface area contributed by atoms with Crippen LogP contribution in [0.3, 0.4) is 0 Å². The number of hydrogen-bond donors (Lipinski definition) is 1. The average Bonchev–Trinajstić information content (AvgIpc) is 2.89. The molecule has 5 nitrogen and oxygen atoms in total. The zero-order valence-corrected chi connectivity index (χ0v) is 14.3. The number of aromatic nitrogens is 2. The van der Waals surface area contributed by atoms with Crippen molar-refractivity contribution in [2.45, 2.75) is 59.4 Å². The van der Waals surface area contributed by atoms with Crippen molar-refractivity contribution in [2.24, 2.45) is 11.8 Å². The lowest BCUT2D eigenvalue weighted by Gasteiger charge is -2.24. The minimum atomic E-state index is 0.116. The summed E-state index contributed by atoms with van der Waals surface area (Å²) >= 11 is 0. The minimum Gasteiger partial charge on any atom is -0.343 e. The number of aryl methyl sites for hydroxylation is 1. The second-order valence-electron chi connectivity index (χ2n) is 6.54. The Balaban J connectivity index is 2.13. The summed E-state index contributed by atoms with van der Waals surface area (Å²) in [5, 5.41) is 16.9. The Bertz CT molecular complexity index is 621. The molecule has 1 aromatic rings. The van der Waals surface area contributed by atoms with Gasteiger partial charge in [0.1, 0.15) is 17.5 Å². The summed E-state index contributed by atoms with van der Waals surface area (Å²) in [4.78, 5) is 12.2. The third kappa shape index (κ3) is 4.22. The first-order valence-electron chi connectivity index (χ1n) is 8.54. The van der Waals surface area contributed by atoms with Crippen LogP contribution in [0.4, 0.5) is 5.82 Å². The molecule has 0 aromatic carbocycles. The fourth-order valence-corrected chi connectivity index (χ4v) is 3.00. The average molecular weight is 314 g/mol. The van der Waals surface area contributed by atoms with Gasteiger partial charge in [-0.2, -0.15) is 10.4 Å². The molecule has 1 aromatic heterocycles. The van der Waals surface area contributed by atoms with Gasteiger partial charge in [0.05, 0.1) is 6.20 Å². The van der Waals surface area contributed by atoms with Crippen molar-refractivity contribution in [1.29, 1.82) is 5.26 Å². The summed E-state index contributed by atoms with van der Waals surface area (Å²) in [6.07, 6.45) is 8.31. The van der Waals surface area contributed by atoms with Crippen molar-refractivity contribution >= 4 is 11.6 Å². The number of ketones is 1. The fourth-order valence-electron chi connectivity index (χ4n) is 3.00. The number of hydrogen-bond acceptors (Lipinski definition) is 4. The summed E-state index contributed by atoms with van der Waals surface area (Å²) in [5.41, 5.74) is 1.42. The van der Waals surface area contributed by atoms with Gasteiger partial charge >= 0.3 is 0 Å². The van der Waals surface area contributed by atoms with E-state index in [4.69, 9.17) is 0 Å². The smallest absolute Gasteiger partial charge is 0.160 e. The number of carbonyl (C=O) groups is 1. The Morgan fingerprint density at radius 2 is 2.26 bits per heavy atom. The summed E-state index contributed by atoms with van der Waals surface area (Å²) < 4.78 is 1.84. The van der Waals surface area contributed by atoms with Gasteiger partial charge in [-0.1, -0.05) is 33.6 Å². The van der Waals surface area contributed by atoms with E-state index in [0.717, 1.165) is 44.3 Å². The van der Waals surface area contributed by atoms with E-state index in [0.29, 0.717) is 17.3 Å². The van der Waals surface area contributed by atoms with Crippen molar-refractivity contribution in [1.82, 2.24) is 9.78 Å². The number of anilines is 1. The van der Waals surface area contributed by atoms with Gasteiger partial charge in [-0.15, -0.1) is 0 Å². The van der Waals surface area contributed by atoms with E-state index >= 15 is 0 Å². The van der Waals surface area contributed by atoms with Crippen LogP contribution in [-0.4, -0.2) is 15.6 Å². The highest BCUT2D eigenvalue weighted by Crippen LogP contribution is 2.28. The molecule has 124 valence electrons. The van der Waals surface area contributed by atoms with Gasteiger partial charge in [-0.3, -0.25) is 4.79 Å². The van der Waals surface area contributed by atoms with Crippen molar-refractivity contribution in [2.75, 3.05) is 5.32 Å². The Kier molecular flexibility index (Phi) is 5.97. The lowest BCUT2D eigenvalue weighted by molar-refractivity contribution is -0.120. The normalized spacial score (nSPS) is 18.0. The van der Waals surface area contributed by atoms with E-state index in [1.54, 1.807) is 12.3 Å². The van der Waals surface area contributed by atoms with Crippen LogP contribution in [0.2, 0.25) is 0 Å². The van der Waals surface area contributed by atoms with Gasteiger partial charge in [0, 0.05) is 24.2 Å². The molecule has 1 unspecified atom stereocenters. The van der Waals surface area contributed by atoms with E-state index in [-0.39, 0.29) is 11.7 Å². The predicted octanol–water partition coefficient (Wildman–Crippen LogP) is 3.88. The van der Waals surface area contributed by atoms with E-state index in [2.05, 4.69) is 37.3 Å². The maximum absolute atomic E-state index is 12.2. The van der Waals surface area contributed by atoms with E-state index in [9.17, 15) is 10.1 Å². The molecule has 1 heterocycles. The summed E-state index contributed by atoms with van der Waals surface area (Å²) in [5.74, 6) is 1.38. The number of allylic oxidation sites excluding steroid dienone is 2. The second kappa shape index (κ2) is 7.96. The van der Waals surface area contributed by atoms with Crippen molar-refractivity contribution in [3.05, 3.63) is 23.5 Å². The molecule has 0 saturated heterocycles. The zero-order chi connectivity index (χ0) is 16.8. The van der Waals surface area contributed by atoms with Crippen LogP contribution >= 0.6 is 0 Å². The summed E-state index contributed by atoms with van der Waals surface area (Å²) in [7, 11) is 0. The van der Waals surface area contributed by atoms with Crippen molar-refractivity contribution < 1.29 is 4.79 Å². The Morgan fingerprint density at radius 1 is 1.48 bits per heavy atom. The molecule has 0 saturated carbocycles. The van der Waals surface area contributed by atoms with Crippen LogP contribution in [-0.2, 0) is 11.3 Å². The number of nitrogens with zero attached hydrogens (tertiary/aromatic N) is 3. The number of nitrogens with one attached hydrogen (secondary N) is 1. The maximum Gasteiger partial charge on any atom is 0.160 e. The molecule has 0 radical (unpaired) electrons. The Morgan fingerprint density at radius 3 is 2.87 bits per heavy atom. The van der Waals surface area contributed by atoms with Crippen LogP contribution in [0.1, 0.15) is 58.4 Å². The molecule has 1 aliphatic carbocycles. The lowest BCUT2D eigenvalue weighted by Crippen LogP contribution is -2.24. The third-order valence-corrected chi connectivity index (χ3v) is 4.42. The topological polar surface area (TPSA) is 70.7 Å². The van der Waals surface area contributed by atoms with Gasteiger partial charge in [0.2, 0.25) is 0 Å². The predicted molar refractivity (Wildman–Crippen MR) is 90.7 cm³/mol. The maximum atomic E-state index is 12.2. The molecule has 5 heteroatoms. The van der Waals surface area contributed by atoms with Gasteiger partial charge in [-0.05, 0) is 25.2 Å². The molecule has 0 bridgehead atoms. The van der Waals surface area contributed by atoms with Crippen LogP contribution in [0, 0.1) is 23.2 Å². The summed E-state index contributed by atoms with van der Waals surface area (Å²) in [6.45, 7) is 7.12. The zero-order valence-electron chi connectivity index (χ0n) is 14.3. The highest BCUT2D eigenvalue weighted by molar-refractivity contribution is 5.93. The molecule has 0 spiro atoms. The van der Waals surface area contributed by atoms with E-state index < -0.39 is 0 Å². The Labute approximate surface area is 138 Å². The van der Waals surface area contributed by atoms with Crippen LogP contribution in [0.15, 0.2) is 18.0 Å². The van der Waals surface area contributed by atoms with Gasteiger partial charge in [-0.25, -0.2) is 4.68 Å². The lowest BCUT2D eigenvalue weighted by atomic mass is 9.83.